The maximum absolute atomic E-state index is 12.2. The summed E-state index contributed by atoms with van der Waals surface area (Å²) in [5.74, 6) is -1.28. The quantitative estimate of drug-likeness (QED) is 0.489. The molecule has 2 aromatic carbocycles. The van der Waals surface area contributed by atoms with Gasteiger partial charge in [-0.25, -0.2) is 4.98 Å². The van der Waals surface area contributed by atoms with Crippen LogP contribution in [0.5, 0.6) is 0 Å². The second-order valence-electron chi connectivity index (χ2n) is 7.31. The molecule has 4 aromatic rings. The Kier molecular flexibility index (Phi) is 5.06. The third-order valence-electron chi connectivity index (χ3n) is 5.15. The van der Waals surface area contributed by atoms with Gasteiger partial charge in [0.1, 0.15) is 0 Å². The Labute approximate surface area is 172 Å². The molecule has 0 bridgehead atoms. The van der Waals surface area contributed by atoms with Gasteiger partial charge in [0.15, 0.2) is 5.65 Å². The molecule has 6 heteroatoms. The smallest absolute Gasteiger partial charge is 0.306 e. The number of nitrogens with zero attached hydrogens (tertiary/aromatic N) is 2. The monoisotopic (exact) mass is 400 g/mol. The highest BCUT2D eigenvalue weighted by Crippen LogP contribution is 2.30. The van der Waals surface area contributed by atoms with Gasteiger partial charge in [-0.15, -0.1) is 4.73 Å². The Hall–Kier alpha value is -3.93. The van der Waals surface area contributed by atoms with E-state index in [1.807, 2.05) is 54.6 Å². The number of aromatic nitrogens is 2. The minimum Gasteiger partial charge on any atom is -0.481 e. The highest BCUT2D eigenvalue weighted by atomic mass is 16.5. The van der Waals surface area contributed by atoms with Crippen molar-refractivity contribution in [3.05, 3.63) is 88.8 Å². The van der Waals surface area contributed by atoms with Crippen molar-refractivity contribution >= 4 is 17.0 Å². The largest absolute Gasteiger partial charge is 0.481 e. The minimum absolute atomic E-state index is 0.204. The van der Waals surface area contributed by atoms with Crippen molar-refractivity contribution < 1.29 is 15.1 Å². The Morgan fingerprint density at radius 1 is 1.00 bits per heavy atom. The molecule has 0 aliphatic carbocycles. The molecule has 0 aliphatic rings. The standard InChI is InChI=1S/C24H20N2O4/c1-15(24(28)29)11-16-5-2-6-17(12-16)18-7-3-8-19(13-18)21-14-22(27)26(30)23-20(21)9-4-10-25-23/h2-10,12-15,30H,11H2,1H3,(H,28,29). The van der Waals surface area contributed by atoms with Crippen LogP contribution in [0.15, 0.2) is 77.7 Å². The van der Waals surface area contributed by atoms with Gasteiger partial charge in [0.2, 0.25) is 0 Å². The highest BCUT2D eigenvalue weighted by molar-refractivity contribution is 5.93. The molecule has 0 amide bonds. The van der Waals surface area contributed by atoms with E-state index in [1.165, 1.54) is 12.3 Å². The van der Waals surface area contributed by atoms with E-state index < -0.39 is 17.4 Å². The van der Waals surface area contributed by atoms with Crippen LogP contribution in [0.4, 0.5) is 0 Å². The van der Waals surface area contributed by atoms with Crippen LogP contribution in [-0.4, -0.2) is 26.0 Å². The maximum Gasteiger partial charge on any atom is 0.306 e. The number of fused-ring (bicyclic) bond motifs is 1. The molecular weight excluding hydrogens is 380 g/mol. The summed E-state index contributed by atoms with van der Waals surface area (Å²) in [5.41, 5.74) is 4.03. The normalized spacial score (nSPS) is 12.0. The zero-order valence-electron chi connectivity index (χ0n) is 16.3. The van der Waals surface area contributed by atoms with E-state index in [-0.39, 0.29) is 5.65 Å². The van der Waals surface area contributed by atoms with E-state index in [0.29, 0.717) is 22.1 Å². The number of pyridine rings is 2. The number of rotatable bonds is 5. The summed E-state index contributed by atoms with van der Waals surface area (Å²) in [7, 11) is 0. The fourth-order valence-electron chi connectivity index (χ4n) is 3.57. The van der Waals surface area contributed by atoms with E-state index in [1.54, 1.807) is 13.0 Å². The van der Waals surface area contributed by atoms with Gasteiger partial charge in [0.25, 0.3) is 5.56 Å². The van der Waals surface area contributed by atoms with Gasteiger partial charge in [0.05, 0.1) is 5.92 Å². The minimum atomic E-state index is -0.818. The van der Waals surface area contributed by atoms with Crippen LogP contribution >= 0.6 is 0 Å². The Morgan fingerprint density at radius 2 is 1.70 bits per heavy atom. The highest BCUT2D eigenvalue weighted by Gasteiger charge is 2.13. The molecule has 0 radical (unpaired) electrons. The summed E-state index contributed by atoms with van der Waals surface area (Å²) in [6, 6.07) is 20.5. The lowest BCUT2D eigenvalue weighted by Crippen LogP contribution is -2.18. The van der Waals surface area contributed by atoms with Crippen LogP contribution in [0.25, 0.3) is 33.3 Å². The van der Waals surface area contributed by atoms with Crippen molar-refractivity contribution in [3.63, 3.8) is 0 Å². The van der Waals surface area contributed by atoms with Crippen molar-refractivity contribution in [2.45, 2.75) is 13.3 Å². The number of hydrogen-bond acceptors (Lipinski definition) is 4. The van der Waals surface area contributed by atoms with Crippen molar-refractivity contribution in [1.82, 2.24) is 9.71 Å². The van der Waals surface area contributed by atoms with E-state index in [0.717, 1.165) is 22.3 Å². The first-order valence-corrected chi connectivity index (χ1v) is 9.56. The van der Waals surface area contributed by atoms with Crippen LogP contribution in [0.2, 0.25) is 0 Å². The molecule has 0 saturated carbocycles. The lowest BCUT2D eigenvalue weighted by Gasteiger charge is -2.11. The first-order chi connectivity index (χ1) is 14.4. The third-order valence-corrected chi connectivity index (χ3v) is 5.15. The Morgan fingerprint density at radius 3 is 2.47 bits per heavy atom. The molecule has 6 nitrogen and oxygen atoms in total. The number of hydrogen-bond donors (Lipinski definition) is 2. The first-order valence-electron chi connectivity index (χ1n) is 9.56. The van der Waals surface area contributed by atoms with E-state index in [4.69, 9.17) is 0 Å². The van der Waals surface area contributed by atoms with E-state index in [9.17, 15) is 19.9 Å². The van der Waals surface area contributed by atoms with E-state index >= 15 is 0 Å². The van der Waals surface area contributed by atoms with Crippen molar-refractivity contribution in [1.29, 1.82) is 0 Å². The van der Waals surface area contributed by atoms with Gasteiger partial charge in [-0.1, -0.05) is 49.4 Å². The third kappa shape index (κ3) is 3.67. The van der Waals surface area contributed by atoms with Crippen molar-refractivity contribution in [3.8, 4) is 22.3 Å². The molecule has 2 aromatic heterocycles. The molecule has 0 aliphatic heterocycles. The molecular formula is C24H20N2O4. The predicted molar refractivity (Wildman–Crippen MR) is 115 cm³/mol. The van der Waals surface area contributed by atoms with Gasteiger partial charge in [0, 0.05) is 17.6 Å². The molecule has 2 heterocycles. The Balaban J connectivity index is 1.78. The lowest BCUT2D eigenvalue weighted by molar-refractivity contribution is -0.141. The van der Waals surface area contributed by atoms with Gasteiger partial charge in [-0.05, 0) is 52.4 Å². The molecule has 0 saturated heterocycles. The molecule has 30 heavy (non-hydrogen) atoms. The average Bonchev–Trinajstić information content (AvgIpc) is 2.76. The van der Waals surface area contributed by atoms with Crippen LogP contribution < -0.4 is 5.56 Å². The summed E-state index contributed by atoms with van der Waals surface area (Å²) in [4.78, 5) is 27.5. The first kappa shape index (κ1) is 19.4. The SMILES string of the molecule is CC(Cc1cccc(-c2cccc(-c3cc(=O)n(O)c4ncccc34)c2)c1)C(=O)O. The van der Waals surface area contributed by atoms with Crippen molar-refractivity contribution in [2.24, 2.45) is 5.92 Å². The molecule has 150 valence electrons. The zero-order valence-corrected chi connectivity index (χ0v) is 16.3. The topological polar surface area (TPSA) is 92.4 Å². The van der Waals surface area contributed by atoms with Crippen molar-refractivity contribution in [2.75, 3.05) is 0 Å². The van der Waals surface area contributed by atoms with Crippen LogP contribution in [-0.2, 0) is 11.2 Å². The van der Waals surface area contributed by atoms with Gasteiger partial charge >= 0.3 is 5.97 Å². The number of aliphatic carboxylic acids is 1. The van der Waals surface area contributed by atoms with Gasteiger partial charge in [-0.3, -0.25) is 9.59 Å². The van der Waals surface area contributed by atoms with Crippen LogP contribution in [0.1, 0.15) is 12.5 Å². The zero-order chi connectivity index (χ0) is 21.3. The molecule has 4 rings (SSSR count). The fraction of sp³-hybridized carbons (Fsp3) is 0.125. The molecule has 2 N–H and O–H groups in total. The predicted octanol–water partition coefficient (Wildman–Crippen LogP) is 4.23. The summed E-state index contributed by atoms with van der Waals surface area (Å²) in [5, 5.41) is 19.8. The molecule has 1 atom stereocenters. The van der Waals surface area contributed by atoms with E-state index in [2.05, 4.69) is 4.98 Å². The number of carboxylic acids is 1. The van der Waals surface area contributed by atoms with Gasteiger partial charge in [-0.2, -0.15) is 0 Å². The Bertz CT molecular complexity index is 1310. The summed E-state index contributed by atoms with van der Waals surface area (Å²) in [6.07, 6.45) is 1.98. The number of carboxylic acid groups (broad SMARTS) is 1. The van der Waals surface area contributed by atoms with Gasteiger partial charge < -0.3 is 10.3 Å². The van der Waals surface area contributed by atoms with Crippen LogP contribution in [0.3, 0.4) is 0 Å². The summed E-state index contributed by atoms with van der Waals surface area (Å²) < 4.78 is 0.551. The second-order valence-corrected chi connectivity index (χ2v) is 7.31. The summed E-state index contributed by atoms with van der Waals surface area (Å²) in [6.45, 7) is 1.69. The number of carbonyl (C=O) groups is 1. The molecule has 1 unspecified atom stereocenters. The maximum atomic E-state index is 12.2. The lowest BCUT2D eigenvalue weighted by atomic mass is 9.95. The second kappa shape index (κ2) is 7.83. The molecule has 0 fully saturated rings. The number of benzene rings is 2. The molecule has 0 spiro atoms. The average molecular weight is 400 g/mol. The summed E-state index contributed by atoms with van der Waals surface area (Å²) >= 11 is 0. The fourth-order valence-corrected chi connectivity index (χ4v) is 3.57. The van der Waals surface area contributed by atoms with Crippen LogP contribution in [0, 0.1) is 5.92 Å².